The number of aromatic nitrogens is 2. The highest BCUT2D eigenvalue weighted by molar-refractivity contribution is 6.17. The molecule has 0 fully saturated rings. The standard InChI is InChI=1S/C52H46N2O2/c1-30(2)40-25-36(47-27-35-23-32(29-52(5,6)7)19-22-46(35)55-47)26-41(31(3)4)49(40)54-45-18-11-10-17-44(45)53-51(54)39-16-12-15-38-43-24-34-21-20-33-13-8-9-14-37(33)42(34)28-48(43)56-50(38)39/h8-28,30-31H,29H2,1-7H3. The van der Waals surface area contributed by atoms with E-state index >= 15 is 0 Å². The summed E-state index contributed by atoms with van der Waals surface area (Å²) < 4.78 is 15.9. The molecule has 0 atom stereocenters. The van der Waals surface area contributed by atoms with Gasteiger partial charge in [0.05, 0.1) is 22.3 Å². The van der Waals surface area contributed by atoms with Gasteiger partial charge in [-0.2, -0.15) is 0 Å². The molecule has 276 valence electrons. The van der Waals surface area contributed by atoms with Gasteiger partial charge in [0.15, 0.2) is 0 Å². The predicted molar refractivity (Wildman–Crippen MR) is 235 cm³/mol. The third kappa shape index (κ3) is 5.61. The van der Waals surface area contributed by atoms with E-state index in [1.54, 1.807) is 0 Å². The normalized spacial score (nSPS) is 12.6. The minimum absolute atomic E-state index is 0.213. The quantitative estimate of drug-likeness (QED) is 0.160. The average Bonchev–Trinajstić information content (AvgIpc) is 3.89. The molecule has 0 amide bonds. The highest BCUT2D eigenvalue weighted by atomic mass is 16.3. The molecule has 4 heteroatoms. The Morgan fingerprint density at radius 2 is 1.32 bits per heavy atom. The van der Waals surface area contributed by atoms with E-state index in [0.717, 1.165) is 73.1 Å². The SMILES string of the molecule is CC(C)c1cc(-c2cc3cc(CC(C)(C)C)ccc3o2)cc(C(C)C)c1-n1c(-c2cccc3c2oc2cc4c(ccc5ccccc54)cc23)nc2ccccc21. The van der Waals surface area contributed by atoms with Gasteiger partial charge in [-0.3, -0.25) is 4.57 Å². The van der Waals surface area contributed by atoms with Crippen molar-refractivity contribution >= 4 is 65.5 Å². The van der Waals surface area contributed by atoms with E-state index in [-0.39, 0.29) is 17.3 Å². The van der Waals surface area contributed by atoms with Gasteiger partial charge >= 0.3 is 0 Å². The van der Waals surface area contributed by atoms with Gasteiger partial charge in [-0.1, -0.05) is 115 Å². The lowest BCUT2D eigenvalue weighted by atomic mass is 9.88. The molecule has 56 heavy (non-hydrogen) atoms. The van der Waals surface area contributed by atoms with Crippen molar-refractivity contribution in [2.24, 2.45) is 5.41 Å². The van der Waals surface area contributed by atoms with Crippen LogP contribution in [-0.4, -0.2) is 9.55 Å². The Labute approximate surface area is 327 Å². The predicted octanol–water partition coefficient (Wildman–Crippen LogP) is 15.1. The number of hydrogen-bond donors (Lipinski definition) is 0. The Hall–Kier alpha value is -6.13. The molecular weight excluding hydrogens is 685 g/mol. The van der Waals surface area contributed by atoms with Crippen molar-refractivity contribution < 1.29 is 8.83 Å². The van der Waals surface area contributed by atoms with Crippen molar-refractivity contribution in [1.29, 1.82) is 0 Å². The number of furan rings is 2. The van der Waals surface area contributed by atoms with E-state index in [1.165, 1.54) is 43.9 Å². The Bertz CT molecular complexity index is 3130. The first-order chi connectivity index (χ1) is 27.0. The smallest absolute Gasteiger partial charge is 0.149 e. The first-order valence-electron chi connectivity index (χ1n) is 20.0. The molecule has 10 rings (SSSR count). The Kier molecular flexibility index (Phi) is 7.80. The number of fused-ring (bicyclic) bond motifs is 8. The molecule has 3 aromatic heterocycles. The Morgan fingerprint density at radius 3 is 2.11 bits per heavy atom. The van der Waals surface area contributed by atoms with E-state index in [2.05, 4.69) is 180 Å². The topological polar surface area (TPSA) is 44.1 Å². The minimum Gasteiger partial charge on any atom is -0.456 e. The summed E-state index contributed by atoms with van der Waals surface area (Å²) in [6, 6.07) is 46.0. The zero-order valence-corrected chi connectivity index (χ0v) is 33.2. The van der Waals surface area contributed by atoms with Crippen molar-refractivity contribution in [3.05, 3.63) is 144 Å². The number of para-hydroxylation sites is 3. The van der Waals surface area contributed by atoms with Gasteiger partial charge in [-0.25, -0.2) is 4.98 Å². The van der Waals surface area contributed by atoms with Gasteiger partial charge in [0, 0.05) is 21.7 Å². The summed E-state index contributed by atoms with van der Waals surface area (Å²) in [5, 5.41) is 8.20. The summed E-state index contributed by atoms with van der Waals surface area (Å²) in [7, 11) is 0. The van der Waals surface area contributed by atoms with Crippen LogP contribution in [0.2, 0.25) is 0 Å². The van der Waals surface area contributed by atoms with Crippen LogP contribution in [0.1, 0.15) is 77.0 Å². The van der Waals surface area contributed by atoms with Crippen LogP contribution >= 0.6 is 0 Å². The zero-order chi connectivity index (χ0) is 38.5. The lowest BCUT2D eigenvalue weighted by Gasteiger charge is -2.24. The number of hydrogen-bond acceptors (Lipinski definition) is 3. The van der Waals surface area contributed by atoms with Crippen LogP contribution in [0.4, 0.5) is 0 Å². The summed E-state index contributed by atoms with van der Waals surface area (Å²) in [6.45, 7) is 16.0. The van der Waals surface area contributed by atoms with Crippen LogP contribution in [0.3, 0.4) is 0 Å². The van der Waals surface area contributed by atoms with E-state index in [1.807, 2.05) is 0 Å². The lowest BCUT2D eigenvalue weighted by Crippen LogP contribution is -2.09. The monoisotopic (exact) mass is 730 g/mol. The zero-order valence-electron chi connectivity index (χ0n) is 33.2. The molecule has 3 heterocycles. The summed E-state index contributed by atoms with van der Waals surface area (Å²) in [4.78, 5) is 5.40. The average molecular weight is 731 g/mol. The number of imidazole rings is 1. The van der Waals surface area contributed by atoms with E-state index in [4.69, 9.17) is 13.8 Å². The fourth-order valence-electron chi connectivity index (χ4n) is 8.83. The first kappa shape index (κ1) is 34.4. The molecule has 0 saturated carbocycles. The number of benzene rings is 7. The maximum atomic E-state index is 6.91. The van der Waals surface area contributed by atoms with Crippen LogP contribution in [0, 0.1) is 5.41 Å². The largest absolute Gasteiger partial charge is 0.456 e. The molecule has 0 radical (unpaired) electrons. The molecule has 0 bridgehead atoms. The Balaban J connectivity index is 1.20. The number of rotatable bonds is 6. The fraction of sp³-hybridized carbons (Fsp3) is 0.212. The highest BCUT2D eigenvalue weighted by Crippen LogP contribution is 2.44. The van der Waals surface area contributed by atoms with Gasteiger partial charge in [0.1, 0.15) is 28.3 Å². The maximum absolute atomic E-state index is 6.91. The molecule has 0 aliphatic heterocycles. The van der Waals surface area contributed by atoms with Crippen LogP contribution in [-0.2, 0) is 6.42 Å². The highest BCUT2D eigenvalue weighted by Gasteiger charge is 2.26. The van der Waals surface area contributed by atoms with Crippen molar-refractivity contribution in [1.82, 2.24) is 9.55 Å². The molecule has 10 aromatic rings. The van der Waals surface area contributed by atoms with Gasteiger partial charge in [0.25, 0.3) is 0 Å². The number of nitrogens with zero attached hydrogens (tertiary/aromatic N) is 2. The summed E-state index contributed by atoms with van der Waals surface area (Å²) >= 11 is 0. The molecule has 0 aliphatic carbocycles. The van der Waals surface area contributed by atoms with Crippen LogP contribution in [0.15, 0.2) is 136 Å². The van der Waals surface area contributed by atoms with E-state index in [9.17, 15) is 0 Å². The summed E-state index contributed by atoms with van der Waals surface area (Å²) in [5.41, 5.74) is 12.0. The van der Waals surface area contributed by atoms with Gasteiger partial charge < -0.3 is 8.83 Å². The van der Waals surface area contributed by atoms with Crippen molar-refractivity contribution in [2.75, 3.05) is 0 Å². The lowest BCUT2D eigenvalue weighted by molar-refractivity contribution is 0.411. The fourth-order valence-corrected chi connectivity index (χ4v) is 8.83. The third-order valence-corrected chi connectivity index (χ3v) is 11.4. The molecular formula is C52H46N2O2. The molecule has 0 unspecified atom stereocenters. The van der Waals surface area contributed by atoms with Crippen molar-refractivity contribution in [3.63, 3.8) is 0 Å². The second-order valence-electron chi connectivity index (χ2n) is 17.4. The maximum Gasteiger partial charge on any atom is 0.149 e. The second kappa shape index (κ2) is 12.7. The van der Waals surface area contributed by atoms with Gasteiger partial charge in [-0.05, 0) is 123 Å². The van der Waals surface area contributed by atoms with Crippen molar-refractivity contribution in [2.45, 2.75) is 66.7 Å². The molecule has 0 N–H and O–H groups in total. The minimum atomic E-state index is 0.213. The van der Waals surface area contributed by atoms with Gasteiger partial charge in [-0.15, -0.1) is 0 Å². The van der Waals surface area contributed by atoms with Crippen LogP contribution < -0.4 is 0 Å². The second-order valence-corrected chi connectivity index (χ2v) is 17.4. The van der Waals surface area contributed by atoms with Gasteiger partial charge in [0.2, 0.25) is 0 Å². The molecule has 0 aliphatic rings. The van der Waals surface area contributed by atoms with E-state index < -0.39 is 0 Å². The van der Waals surface area contributed by atoms with Crippen LogP contribution in [0.25, 0.3) is 93.9 Å². The summed E-state index contributed by atoms with van der Waals surface area (Å²) in [6.07, 6.45) is 1.02. The summed E-state index contributed by atoms with van der Waals surface area (Å²) in [5.74, 6) is 2.22. The van der Waals surface area contributed by atoms with Crippen molar-refractivity contribution in [3.8, 4) is 28.4 Å². The van der Waals surface area contributed by atoms with Crippen LogP contribution in [0.5, 0.6) is 0 Å². The molecule has 0 spiro atoms. The Morgan fingerprint density at radius 1 is 0.589 bits per heavy atom. The first-order valence-corrected chi connectivity index (χ1v) is 20.0. The molecule has 0 saturated heterocycles. The molecule has 7 aromatic carbocycles. The molecule has 4 nitrogen and oxygen atoms in total. The third-order valence-electron chi connectivity index (χ3n) is 11.4. The van der Waals surface area contributed by atoms with E-state index in [0.29, 0.717) is 0 Å².